The average molecular weight is 538 g/mol. The fourth-order valence-corrected chi connectivity index (χ4v) is 4.04. The van der Waals surface area contributed by atoms with Gasteiger partial charge in [-0.3, -0.25) is 9.89 Å². The molecule has 1 heterocycles. The monoisotopic (exact) mass is 538 g/mol. The SMILES string of the molecule is CCNC(=NCC(c1ccc(OC)cc1)N1CCCC1)NCCCS(C)(=O)=O.I. The molecular weight excluding hydrogens is 503 g/mol. The van der Waals surface area contributed by atoms with E-state index in [0.29, 0.717) is 19.5 Å². The van der Waals surface area contributed by atoms with E-state index in [1.807, 2.05) is 19.1 Å². The van der Waals surface area contributed by atoms with Gasteiger partial charge in [-0.2, -0.15) is 0 Å². The Morgan fingerprint density at radius 1 is 1.21 bits per heavy atom. The van der Waals surface area contributed by atoms with Crippen molar-refractivity contribution in [3.8, 4) is 5.75 Å². The third-order valence-corrected chi connectivity index (χ3v) is 5.86. The highest BCUT2D eigenvalue weighted by Gasteiger charge is 2.23. The Balaban J connectivity index is 0.00000420. The van der Waals surface area contributed by atoms with E-state index in [-0.39, 0.29) is 35.8 Å². The molecule has 1 aromatic rings. The van der Waals surface area contributed by atoms with Gasteiger partial charge < -0.3 is 15.4 Å². The number of likely N-dealkylation sites (tertiary alicyclic amines) is 1. The van der Waals surface area contributed by atoms with E-state index in [1.165, 1.54) is 24.7 Å². The molecule has 1 aromatic carbocycles. The summed E-state index contributed by atoms with van der Waals surface area (Å²) in [7, 11) is -1.25. The first-order valence-electron chi connectivity index (χ1n) is 10.0. The van der Waals surface area contributed by atoms with Crippen LogP contribution in [0, 0.1) is 0 Å². The Kier molecular flexibility index (Phi) is 11.9. The van der Waals surface area contributed by atoms with Gasteiger partial charge in [0.1, 0.15) is 15.6 Å². The fraction of sp³-hybridized carbons (Fsp3) is 0.650. The van der Waals surface area contributed by atoms with Crippen molar-refractivity contribution in [2.75, 3.05) is 51.8 Å². The molecule has 0 spiro atoms. The number of methoxy groups -OCH3 is 1. The molecule has 2 N–H and O–H groups in total. The third-order valence-electron chi connectivity index (χ3n) is 4.83. The van der Waals surface area contributed by atoms with Crippen LogP contribution >= 0.6 is 24.0 Å². The number of hydrogen-bond donors (Lipinski definition) is 2. The number of nitrogens with zero attached hydrogens (tertiary/aromatic N) is 2. The molecule has 29 heavy (non-hydrogen) atoms. The van der Waals surface area contributed by atoms with Crippen molar-refractivity contribution in [2.24, 2.45) is 4.99 Å². The van der Waals surface area contributed by atoms with Crippen molar-refractivity contribution in [1.82, 2.24) is 15.5 Å². The normalized spacial score (nSPS) is 16.2. The Bertz CT molecular complexity index is 720. The summed E-state index contributed by atoms with van der Waals surface area (Å²) in [5, 5.41) is 6.49. The van der Waals surface area contributed by atoms with Gasteiger partial charge in [0.2, 0.25) is 0 Å². The molecule has 0 radical (unpaired) electrons. The van der Waals surface area contributed by atoms with Crippen molar-refractivity contribution in [3.63, 3.8) is 0 Å². The maximum absolute atomic E-state index is 11.3. The van der Waals surface area contributed by atoms with Crippen LogP contribution in [-0.4, -0.2) is 71.1 Å². The number of benzene rings is 1. The lowest BCUT2D eigenvalue weighted by molar-refractivity contribution is 0.251. The van der Waals surface area contributed by atoms with Crippen molar-refractivity contribution >= 4 is 39.8 Å². The molecule has 1 fully saturated rings. The van der Waals surface area contributed by atoms with E-state index < -0.39 is 9.84 Å². The molecule has 7 nitrogen and oxygen atoms in total. The smallest absolute Gasteiger partial charge is 0.191 e. The van der Waals surface area contributed by atoms with Gasteiger partial charge in [-0.25, -0.2) is 8.42 Å². The first-order valence-corrected chi connectivity index (χ1v) is 12.1. The van der Waals surface area contributed by atoms with E-state index in [1.54, 1.807) is 7.11 Å². The van der Waals surface area contributed by atoms with E-state index in [2.05, 4.69) is 27.7 Å². The molecule has 0 saturated carbocycles. The molecule has 1 saturated heterocycles. The largest absolute Gasteiger partial charge is 0.497 e. The highest BCUT2D eigenvalue weighted by Crippen LogP contribution is 2.27. The third kappa shape index (κ3) is 9.52. The maximum atomic E-state index is 11.3. The molecule has 2 rings (SSSR count). The molecule has 0 aromatic heterocycles. The van der Waals surface area contributed by atoms with E-state index in [4.69, 9.17) is 9.73 Å². The zero-order chi connectivity index (χ0) is 20.4. The molecule has 0 bridgehead atoms. The Hall–Kier alpha value is -1.07. The van der Waals surface area contributed by atoms with Gasteiger partial charge in [-0.05, 0) is 57.0 Å². The van der Waals surface area contributed by atoms with Crippen molar-refractivity contribution in [1.29, 1.82) is 0 Å². The Morgan fingerprint density at radius 2 is 1.86 bits per heavy atom. The lowest BCUT2D eigenvalue weighted by Gasteiger charge is -2.27. The van der Waals surface area contributed by atoms with Crippen LogP contribution in [0.15, 0.2) is 29.3 Å². The van der Waals surface area contributed by atoms with Crippen LogP contribution in [0.3, 0.4) is 0 Å². The zero-order valence-corrected chi connectivity index (χ0v) is 20.8. The standard InChI is InChI=1S/C20H34N4O3S.HI/c1-4-21-20(22-12-7-15-28(3,25)26)23-16-19(24-13-5-6-14-24)17-8-10-18(27-2)11-9-17;/h8-11,19H,4-7,12-16H2,1-3H3,(H2,21,22,23);1H. The number of sulfone groups is 1. The second kappa shape index (κ2) is 13.3. The number of ether oxygens (including phenoxy) is 1. The zero-order valence-electron chi connectivity index (χ0n) is 17.7. The predicted octanol–water partition coefficient (Wildman–Crippen LogP) is 2.44. The van der Waals surface area contributed by atoms with Gasteiger partial charge in [0, 0.05) is 19.3 Å². The molecule has 166 valence electrons. The lowest BCUT2D eigenvalue weighted by Crippen LogP contribution is -2.39. The summed E-state index contributed by atoms with van der Waals surface area (Å²) >= 11 is 0. The Morgan fingerprint density at radius 3 is 2.41 bits per heavy atom. The quantitative estimate of drug-likeness (QED) is 0.206. The van der Waals surface area contributed by atoms with Gasteiger partial charge in [-0.15, -0.1) is 24.0 Å². The van der Waals surface area contributed by atoms with Crippen molar-refractivity contribution < 1.29 is 13.2 Å². The van der Waals surface area contributed by atoms with Crippen LogP contribution in [0.2, 0.25) is 0 Å². The molecule has 1 aliphatic rings. The highest BCUT2D eigenvalue weighted by atomic mass is 127. The van der Waals surface area contributed by atoms with Crippen LogP contribution in [-0.2, 0) is 9.84 Å². The number of aliphatic imine (C=N–C) groups is 1. The topological polar surface area (TPSA) is 83.0 Å². The predicted molar refractivity (Wildman–Crippen MR) is 130 cm³/mol. The summed E-state index contributed by atoms with van der Waals surface area (Å²) in [5.74, 6) is 1.77. The van der Waals surface area contributed by atoms with Crippen molar-refractivity contribution in [2.45, 2.75) is 32.2 Å². The molecule has 9 heteroatoms. The van der Waals surface area contributed by atoms with E-state index in [9.17, 15) is 8.42 Å². The fourth-order valence-electron chi connectivity index (χ4n) is 3.37. The number of guanidine groups is 1. The van der Waals surface area contributed by atoms with Crippen LogP contribution in [0.5, 0.6) is 5.75 Å². The minimum Gasteiger partial charge on any atom is -0.497 e. The van der Waals surface area contributed by atoms with Crippen LogP contribution in [0.25, 0.3) is 0 Å². The van der Waals surface area contributed by atoms with E-state index >= 15 is 0 Å². The van der Waals surface area contributed by atoms with Crippen LogP contribution < -0.4 is 15.4 Å². The van der Waals surface area contributed by atoms with Gasteiger partial charge in [0.05, 0.1) is 25.4 Å². The molecule has 1 aliphatic heterocycles. The number of rotatable bonds is 10. The summed E-state index contributed by atoms with van der Waals surface area (Å²) in [6.45, 7) is 6.18. The number of nitrogens with one attached hydrogen (secondary N) is 2. The second-order valence-electron chi connectivity index (χ2n) is 7.16. The molecule has 0 aliphatic carbocycles. The first kappa shape index (κ1) is 26.0. The van der Waals surface area contributed by atoms with Gasteiger partial charge >= 0.3 is 0 Å². The molecule has 1 unspecified atom stereocenters. The van der Waals surface area contributed by atoms with Crippen molar-refractivity contribution in [3.05, 3.63) is 29.8 Å². The number of hydrogen-bond acceptors (Lipinski definition) is 5. The minimum absolute atomic E-state index is 0. The average Bonchev–Trinajstić information content (AvgIpc) is 3.19. The molecule has 1 atom stereocenters. The maximum Gasteiger partial charge on any atom is 0.191 e. The highest BCUT2D eigenvalue weighted by molar-refractivity contribution is 14.0. The van der Waals surface area contributed by atoms with Gasteiger partial charge in [-0.1, -0.05) is 12.1 Å². The van der Waals surface area contributed by atoms with Crippen LogP contribution in [0.4, 0.5) is 0 Å². The summed E-state index contributed by atoms with van der Waals surface area (Å²) in [6.07, 6.45) is 4.28. The lowest BCUT2D eigenvalue weighted by atomic mass is 10.1. The number of halogens is 1. The van der Waals surface area contributed by atoms with Crippen LogP contribution in [0.1, 0.15) is 37.8 Å². The Labute approximate surface area is 192 Å². The summed E-state index contributed by atoms with van der Waals surface area (Å²) in [5.41, 5.74) is 1.24. The second-order valence-corrected chi connectivity index (χ2v) is 9.42. The molecule has 0 amide bonds. The van der Waals surface area contributed by atoms with Gasteiger partial charge in [0.25, 0.3) is 0 Å². The summed E-state index contributed by atoms with van der Waals surface area (Å²) < 4.78 is 27.8. The van der Waals surface area contributed by atoms with Gasteiger partial charge in [0.15, 0.2) is 5.96 Å². The summed E-state index contributed by atoms with van der Waals surface area (Å²) in [6, 6.07) is 8.45. The first-order chi connectivity index (χ1) is 13.4. The minimum atomic E-state index is -2.93. The summed E-state index contributed by atoms with van der Waals surface area (Å²) in [4.78, 5) is 7.27. The van der Waals surface area contributed by atoms with E-state index in [0.717, 1.165) is 31.3 Å². The molecular formula is C20H35IN4O3S.